The van der Waals surface area contributed by atoms with Crippen molar-refractivity contribution < 1.29 is 0 Å². The Bertz CT molecular complexity index is 421. The van der Waals surface area contributed by atoms with E-state index in [9.17, 15) is 0 Å². The molecule has 1 N–H and O–H groups in total. The summed E-state index contributed by atoms with van der Waals surface area (Å²) in [5.41, 5.74) is 1.34. The van der Waals surface area contributed by atoms with Crippen molar-refractivity contribution in [3.63, 3.8) is 0 Å². The largest absolute Gasteiger partial charge is 0.311 e. The van der Waals surface area contributed by atoms with Crippen LogP contribution < -0.4 is 5.32 Å². The van der Waals surface area contributed by atoms with E-state index in [1.54, 1.807) is 0 Å². The van der Waals surface area contributed by atoms with E-state index in [2.05, 4.69) is 24.4 Å². The molecule has 1 nitrogen and oxygen atoms in total. The van der Waals surface area contributed by atoms with Crippen molar-refractivity contribution in [3.05, 3.63) is 34.9 Å². The van der Waals surface area contributed by atoms with Gasteiger partial charge in [-0.3, -0.25) is 0 Å². The summed E-state index contributed by atoms with van der Waals surface area (Å²) in [7, 11) is 0. The fourth-order valence-corrected chi connectivity index (χ4v) is 3.55. The SMILES string of the molecule is CCC(CC1CC1)NC1CC(c2ccccc2Cl)C1. The van der Waals surface area contributed by atoms with Gasteiger partial charge < -0.3 is 5.32 Å². The summed E-state index contributed by atoms with van der Waals surface area (Å²) in [6.07, 6.45) is 8.10. The monoisotopic (exact) mass is 277 g/mol. The van der Waals surface area contributed by atoms with E-state index in [1.165, 1.54) is 44.1 Å². The summed E-state index contributed by atoms with van der Waals surface area (Å²) in [6, 6.07) is 9.77. The summed E-state index contributed by atoms with van der Waals surface area (Å²) in [5.74, 6) is 1.70. The minimum Gasteiger partial charge on any atom is -0.311 e. The van der Waals surface area contributed by atoms with Gasteiger partial charge in [0.15, 0.2) is 0 Å². The second-order valence-electron chi connectivity index (χ2n) is 6.34. The van der Waals surface area contributed by atoms with Crippen LogP contribution in [0.4, 0.5) is 0 Å². The Morgan fingerprint density at radius 3 is 2.63 bits per heavy atom. The summed E-state index contributed by atoms with van der Waals surface area (Å²) < 4.78 is 0. The van der Waals surface area contributed by atoms with Gasteiger partial charge in [-0.25, -0.2) is 0 Å². The summed E-state index contributed by atoms with van der Waals surface area (Å²) in [6.45, 7) is 2.31. The quantitative estimate of drug-likeness (QED) is 0.791. The van der Waals surface area contributed by atoms with Crippen LogP contribution >= 0.6 is 11.6 Å². The first kappa shape index (κ1) is 13.5. The van der Waals surface area contributed by atoms with Crippen LogP contribution in [-0.4, -0.2) is 12.1 Å². The molecular formula is C17H24ClN. The zero-order valence-electron chi connectivity index (χ0n) is 11.7. The smallest absolute Gasteiger partial charge is 0.0440 e. The summed E-state index contributed by atoms with van der Waals surface area (Å²) in [4.78, 5) is 0. The van der Waals surface area contributed by atoms with Gasteiger partial charge in [-0.15, -0.1) is 0 Å². The van der Waals surface area contributed by atoms with E-state index in [0.717, 1.165) is 17.0 Å². The lowest BCUT2D eigenvalue weighted by atomic mass is 9.75. The van der Waals surface area contributed by atoms with Crippen LogP contribution in [0.2, 0.25) is 5.02 Å². The first-order valence-corrected chi connectivity index (χ1v) is 8.14. The van der Waals surface area contributed by atoms with Gasteiger partial charge in [-0.05, 0) is 49.1 Å². The van der Waals surface area contributed by atoms with Crippen molar-refractivity contribution in [2.45, 2.75) is 63.5 Å². The molecule has 1 atom stereocenters. The molecule has 19 heavy (non-hydrogen) atoms. The van der Waals surface area contributed by atoms with Crippen molar-refractivity contribution in [3.8, 4) is 0 Å². The maximum Gasteiger partial charge on any atom is 0.0440 e. The highest BCUT2D eigenvalue weighted by atomic mass is 35.5. The molecule has 0 spiro atoms. The molecule has 0 saturated heterocycles. The van der Waals surface area contributed by atoms with Crippen LogP contribution in [0, 0.1) is 5.92 Å². The Balaban J connectivity index is 1.48. The molecule has 104 valence electrons. The normalized spacial score (nSPS) is 27.9. The molecular weight excluding hydrogens is 254 g/mol. The Kier molecular flexibility index (Phi) is 4.14. The van der Waals surface area contributed by atoms with E-state index < -0.39 is 0 Å². The summed E-state index contributed by atoms with van der Waals surface area (Å²) in [5, 5.41) is 4.79. The van der Waals surface area contributed by atoms with Crippen molar-refractivity contribution in [2.75, 3.05) is 0 Å². The van der Waals surface area contributed by atoms with Gasteiger partial charge in [-0.2, -0.15) is 0 Å². The Morgan fingerprint density at radius 2 is 2.00 bits per heavy atom. The molecule has 0 aliphatic heterocycles. The predicted molar refractivity (Wildman–Crippen MR) is 81.8 cm³/mol. The number of halogens is 1. The number of rotatable bonds is 6. The third kappa shape index (κ3) is 3.32. The van der Waals surface area contributed by atoms with Crippen LogP contribution in [0.3, 0.4) is 0 Å². The van der Waals surface area contributed by atoms with Crippen LogP contribution in [0.15, 0.2) is 24.3 Å². The van der Waals surface area contributed by atoms with E-state index in [4.69, 9.17) is 11.6 Å². The molecule has 2 saturated carbocycles. The lowest BCUT2D eigenvalue weighted by Crippen LogP contribution is -2.45. The molecule has 0 bridgehead atoms. The highest BCUT2D eigenvalue weighted by Gasteiger charge is 2.33. The van der Waals surface area contributed by atoms with Crippen molar-refractivity contribution in [1.29, 1.82) is 0 Å². The highest BCUT2D eigenvalue weighted by Crippen LogP contribution is 2.41. The van der Waals surface area contributed by atoms with Gasteiger partial charge in [-0.1, -0.05) is 49.6 Å². The first-order valence-electron chi connectivity index (χ1n) is 7.76. The van der Waals surface area contributed by atoms with Gasteiger partial charge in [0.2, 0.25) is 0 Å². The maximum atomic E-state index is 6.27. The minimum absolute atomic E-state index is 0.671. The van der Waals surface area contributed by atoms with Crippen molar-refractivity contribution >= 4 is 11.6 Å². The van der Waals surface area contributed by atoms with Gasteiger partial charge >= 0.3 is 0 Å². The molecule has 0 aromatic heterocycles. The topological polar surface area (TPSA) is 12.0 Å². The third-order valence-electron chi connectivity index (χ3n) is 4.76. The molecule has 2 heteroatoms. The molecule has 0 heterocycles. The number of benzene rings is 1. The Labute approximate surface area is 121 Å². The second kappa shape index (κ2) is 5.85. The minimum atomic E-state index is 0.671. The van der Waals surface area contributed by atoms with Crippen LogP contribution in [0.25, 0.3) is 0 Å². The van der Waals surface area contributed by atoms with E-state index in [0.29, 0.717) is 12.0 Å². The fraction of sp³-hybridized carbons (Fsp3) is 0.647. The van der Waals surface area contributed by atoms with Crippen molar-refractivity contribution in [1.82, 2.24) is 5.32 Å². The third-order valence-corrected chi connectivity index (χ3v) is 5.11. The number of hydrogen-bond donors (Lipinski definition) is 1. The zero-order valence-corrected chi connectivity index (χ0v) is 12.5. The Morgan fingerprint density at radius 1 is 1.26 bits per heavy atom. The van der Waals surface area contributed by atoms with Crippen LogP contribution in [0.5, 0.6) is 0 Å². The van der Waals surface area contributed by atoms with Gasteiger partial charge in [0, 0.05) is 17.1 Å². The molecule has 1 unspecified atom stereocenters. The molecule has 1 aromatic rings. The number of hydrogen-bond acceptors (Lipinski definition) is 1. The molecule has 0 radical (unpaired) electrons. The second-order valence-corrected chi connectivity index (χ2v) is 6.74. The molecule has 2 aliphatic rings. The average Bonchev–Trinajstić information content (AvgIpc) is 3.17. The average molecular weight is 278 g/mol. The molecule has 1 aromatic carbocycles. The van der Waals surface area contributed by atoms with E-state index in [-0.39, 0.29) is 0 Å². The zero-order chi connectivity index (χ0) is 13.2. The van der Waals surface area contributed by atoms with Crippen molar-refractivity contribution in [2.24, 2.45) is 5.92 Å². The molecule has 2 aliphatic carbocycles. The predicted octanol–water partition coefficient (Wildman–Crippen LogP) is 4.75. The number of nitrogens with one attached hydrogen (secondary N) is 1. The van der Waals surface area contributed by atoms with Gasteiger partial charge in [0.1, 0.15) is 0 Å². The highest BCUT2D eigenvalue weighted by molar-refractivity contribution is 6.31. The molecule has 0 amide bonds. The van der Waals surface area contributed by atoms with E-state index in [1.807, 2.05) is 12.1 Å². The standard InChI is InChI=1S/C17H24ClN/c1-2-14(9-12-7-8-12)19-15-10-13(11-15)16-5-3-4-6-17(16)18/h3-6,12-15,19H,2,7-11H2,1H3. The van der Waals surface area contributed by atoms with E-state index >= 15 is 0 Å². The lowest BCUT2D eigenvalue weighted by Gasteiger charge is -2.39. The summed E-state index contributed by atoms with van der Waals surface area (Å²) >= 11 is 6.27. The van der Waals surface area contributed by atoms with Crippen LogP contribution in [-0.2, 0) is 0 Å². The van der Waals surface area contributed by atoms with Crippen LogP contribution in [0.1, 0.15) is 56.9 Å². The Hall–Kier alpha value is -0.530. The van der Waals surface area contributed by atoms with Gasteiger partial charge in [0.25, 0.3) is 0 Å². The fourth-order valence-electron chi connectivity index (χ4n) is 3.26. The molecule has 3 rings (SSSR count). The first-order chi connectivity index (χ1) is 9.26. The molecule has 2 fully saturated rings. The van der Waals surface area contributed by atoms with Gasteiger partial charge in [0.05, 0.1) is 0 Å². The lowest BCUT2D eigenvalue weighted by molar-refractivity contribution is 0.253. The maximum absolute atomic E-state index is 6.27.